The number of nitrogens with one attached hydrogen (secondary N) is 1. The quantitative estimate of drug-likeness (QED) is 0.875. The zero-order chi connectivity index (χ0) is 16.0. The highest BCUT2D eigenvalue weighted by Gasteiger charge is 2.32. The summed E-state index contributed by atoms with van der Waals surface area (Å²) in [6, 6.07) is 4.89. The van der Waals surface area contributed by atoms with Crippen LogP contribution in [-0.2, 0) is 4.79 Å². The molecule has 1 aromatic heterocycles. The first-order valence-corrected chi connectivity index (χ1v) is 7.26. The smallest absolute Gasteiger partial charge is 0.259 e. The Hall–Kier alpha value is -2.34. The molecule has 0 fully saturated rings. The number of fused-ring (bicyclic) bond motifs is 1. The standard InChI is InChI=1S/C15H15ClN4O2/c1-7(2)20-6-11(21)12(13(20)17)14-18-10-5-8(16)3-4-9(10)15(22)19-14/h3-5,7H,6,17H2,1-2H3,(H,18,19,22). The molecule has 0 saturated heterocycles. The molecule has 3 N–H and O–H groups in total. The summed E-state index contributed by atoms with van der Waals surface area (Å²) in [6.45, 7) is 4.08. The number of aromatic amines is 1. The van der Waals surface area contributed by atoms with Gasteiger partial charge in [-0.25, -0.2) is 4.98 Å². The van der Waals surface area contributed by atoms with Crippen LogP contribution in [0.1, 0.15) is 19.7 Å². The van der Waals surface area contributed by atoms with Crippen LogP contribution in [0.25, 0.3) is 16.5 Å². The highest BCUT2D eigenvalue weighted by Crippen LogP contribution is 2.25. The van der Waals surface area contributed by atoms with Gasteiger partial charge in [-0.1, -0.05) is 11.6 Å². The van der Waals surface area contributed by atoms with Crippen molar-refractivity contribution in [3.63, 3.8) is 0 Å². The average Bonchev–Trinajstić information content (AvgIpc) is 2.73. The summed E-state index contributed by atoms with van der Waals surface area (Å²) in [5.74, 6) is 0.366. The van der Waals surface area contributed by atoms with E-state index in [1.165, 1.54) is 0 Å². The molecule has 7 heteroatoms. The predicted octanol–water partition coefficient (Wildman–Crippen LogP) is 1.50. The molecule has 0 spiro atoms. The van der Waals surface area contributed by atoms with Crippen molar-refractivity contribution in [2.24, 2.45) is 5.73 Å². The minimum atomic E-state index is -0.326. The summed E-state index contributed by atoms with van der Waals surface area (Å²) in [6.07, 6.45) is 0. The lowest BCUT2D eigenvalue weighted by Crippen LogP contribution is -2.32. The molecule has 6 nitrogen and oxygen atoms in total. The third kappa shape index (κ3) is 2.25. The van der Waals surface area contributed by atoms with Gasteiger partial charge in [0.15, 0.2) is 5.78 Å². The van der Waals surface area contributed by atoms with Gasteiger partial charge in [0, 0.05) is 11.1 Å². The molecular formula is C15H15ClN4O2. The van der Waals surface area contributed by atoms with Crippen LogP contribution in [0.5, 0.6) is 0 Å². The maximum absolute atomic E-state index is 12.2. The van der Waals surface area contributed by atoms with Crippen LogP contribution >= 0.6 is 11.6 Å². The van der Waals surface area contributed by atoms with E-state index >= 15 is 0 Å². The Labute approximate surface area is 131 Å². The highest BCUT2D eigenvalue weighted by atomic mass is 35.5. The van der Waals surface area contributed by atoms with E-state index in [0.29, 0.717) is 21.7 Å². The van der Waals surface area contributed by atoms with Gasteiger partial charge in [0.1, 0.15) is 17.2 Å². The monoisotopic (exact) mass is 318 g/mol. The molecular weight excluding hydrogens is 304 g/mol. The van der Waals surface area contributed by atoms with Crippen LogP contribution in [-0.4, -0.2) is 33.2 Å². The Morgan fingerprint density at radius 2 is 2.09 bits per heavy atom. The Kier molecular flexibility index (Phi) is 3.41. The minimum absolute atomic E-state index is 0.0862. The Bertz CT molecular complexity index is 869. The van der Waals surface area contributed by atoms with Crippen molar-refractivity contribution in [2.45, 2.75) is 19.9 Å². The van der Waals surface area contributed by atoms with Gasteiger partial charge < -0.3 is 15.6 Å². The van der Waals surface area contributed by atoms with Crippen molar-refractivity contribution in [3.05, 3.63) is 45.2 Å². The van der Waals surface area contributed by atoms with Crippen molar-refractivity contribution < 1.29 is 4.79 Å². The molecule has 1 aliphatic heterocycles. The summed E-state index contributed by atoms with van der Waals surface area (Å²) in [5, 5.41) is 0.888. The van der Waals surface area contributed by atoms with Gasteiger partial charge in [-0.2, -0.15) is 0 Å². The number of hydrogen-bond acceptors (Lipinski definition) is 5. The molecule has 0 aliphatic carbocycles. The molecule has 2 aromatic rings. The number of Topliss-reactive ketones (excluding diaryl/α,β-unsaturated/α-hetero) is 1. The Morgan fingerprint density at radius 3 is 2.73 bits per heavy atom. The van der Waals surface area contributed by atoms with Gasteiger partial charge in [-0.15, -0.1) is 0 Å². The normalized spacial score (nSPS) is 15.5. The van der Waals surface area contributed by atoms with Crippen LogP contribution < -0.4 is 11.3 Å². The van der Waals surface area contributed by atoms with E-state index in [1.54, 1.807) is 23.1 Å². The molecule has 2 heterocycles. The molecule has 0 saturated carbocycles. The summed E-state index contributed by atoms with van der Waals surface area (Å²) < 4.78 is 0. The molecule has 0 unspecified atom stereocenters. The summed E-state index contributed by atoms with van der Waals surface area (Å²) in [5.41, 5.74) is 6.43. The molecule has 0 atom stereocenters. The second-order valence-electron chi connectivity index (χ2n) is 5.48. The second-order valence-corrected chi connectivity index (χ2v) is 5.92. The number of carbonyl (C=O) groups is 1. The fraction of sp³-hybridized carbons (Fsp3) is 0.267. The van der Waals surface area contributed by atoms with E-state index in [0.717, 1.165) is 0 Å². The second kappa shape index (κ2) is 5.14. The number of nitrogens with two attached hydrogens (primary N) is 1. The average molecular weight is 319 g/mol. The van der Waals surface area contributed by atoms with Gasteiger partial charge >= 0.3 is 0 Å². The zero-order valence-electron chi connectivity index (χ0n) is 12.2. The first-order valence-electron chi connectivity index (χ1n) is 6.88. The van der Waals surface area contributed by atoms with E-state index in [9.17, 15) is 9.59 Å². The van der Waals surface area contributed by atoms with Gasteiger partial charge in [-0.05, 0) is 32.0 Å². The fourth-order valence-corrected chi connectivity index (χ4v) is 2.72. The Morgan fingerprint density at radius 1 is 1.36 bits per heavy atom. The Balaban J connectivity index is 2.22. The number of hydrogen-bond donors (Lipinski definition) is 2. The number of carbonyl (C=O) groups excluding carboxylic acids is 1. The van der Waals surface area contributed by atoms with Crippen molar-refractivity contribution >= 4 is 33.9 Å². The molecule has 3 rings (SSSR count). The maximum Gasteiger partial charge on any atom is 0.259 e. The number of aromatic nitrogens is 2. The third-order valence-electron chi connectivity index (χ3n) is 3.69. The SMILES string of the molecule is CC(C)N1CC(=O)C(c2nc3cc(Cl)ccc3c(=O)[nH]2)=C1N. The summed E-state index contributed by atoms with van der Waals surface area (Å²) in [7, 11) is 0. The maximum atomic E-state index is 12.2. The van der Waals surface area contributed by atoms with Gasteiger partial charge in [0.25, 0.3) is 5.56 Å². The van der Waals surface area contributed by atoms with Crippen molar-refractivity contribution in [3.8, 4) is 0 Å². The predicted molar refractivity (Wildman–Crippen MR) is 85.3 cm³/mol. The number of nitrogens with zero attached hydrogens (tertiary/aromatic N) is 2. The summed E-state index contributed by atoms with van der Waals surface area (Å²) >= 11 is 5.94. The van der Waals surface area contributed by atoms with Crippen LogP contribution in [0, 0.1) is 0 Å². The van der Waals surface area contributed by atoms with Crippen molar-refractivity contribution in [2.75, 3.05) is 6.54 Å². The van der Waals surface area contributed by atoms with E-state index in [-0.39, 0.29) is 35.3 Å². The van der Waals surface area contributed by atoms with E-state index < -0.39 is 0 Å². The third-order valence-corrected chi connectivity index (χ3v) is 3.92. The van der Waals surface area contributed by atoms with Gasteiger partial charge in [0.2, 0.25) is 0 Å². The van der Waals surface area contributed by atoms with Crippen molar-refractivity contribution in [1.82, 2.24) is 14.9 Å². The lowest BCUT2D eigenvalue weighted by molar-refractivity contribution is -0.113. The fourth-order valence-electron chi connectivity index (χ4n) is 2.55. The van der Waals surface area contributed by atoms with Crippen molar-refractivity contribution in [1.29, 1.82) is 0 Å². The van der Waals surface area contributed by atoms with Gasteiger partial charge in [-0.3, -0.25) is 9.59 Å². The summed E-state index contributed by atoms with van der Waals surface area (Å²) in [4.78, 5) is 33.2. The van der Waals surface area contributed by atoms with Gasteiger partial charge in [0.05, 0.1) is 17.4 Å². The van der Waals surface area contributed by atoms with Crippen LogP contribution in [0.15, 0.2) is 28.8 Å². The molecule has 0 bridgehead atoms. The molecule has 22 heavy (non-hydrogen) atoms. The number of halogens is 1. The van der Waals surface area contributed by atoms with Crippen LogP contribution in [0.2, 0.25) is 5.02 Å². The lowest BCUT2D eigenvalue weighted by atomic mass is 10.1. The molecule has 114 valence electrons. The molecule has 0 amide bonds. The molecule has 0 radical (unpaired) electrons. The zero-order valence-corrected chi connectivity index (χ0v) is 12.9. The number of ketones is 1. The lowest BCUT2D eigenvalue weighted by Gasteiger charge is -2.22. The number of benzene rings is 1. The molecule has 1 aromatic carbocycles. The number of rotatable bonds is 2. The largest absolute Gasteiger partial charge is 0.385 e. The van der Waals surface area contributed by atoms with Crippen LogP contribution in [0.4, 0.5) is 0 Å². The number of H-pyrrole nitrogens is 1. The first-order chi connectivity index (χ1) is 10.4. The minimum Gasteiger partial charge on any atom is -0.385 e. The molecule has 1 aliphatic rings. The highest BCUT2D eigenvalue weighted by molar-refractivity contribution is 6.31. The van der Waals surface area contributed by atoms with Crippen LogP contribution in [0.3, 0.4) is 0 Å². The first kappa shape index (κ1) is 14.6. The van der Waals surface area contributed by atoms with E-state index in [4.69, 9.17) is 17.3 Å². The van der Waals surface area contributed by atoms with E-state index in [2.05, 4.69) is 9.97 Å². The topological polar surface area (TPSA) is 92.1 Å². The van der Waals surface area contributed by atoms with E-state index in [1.807, 2.05) is 13.8 Å².